The van der Waals surface area contributed by atoms with Crippen molar-refractivity contribution in [3.63, 3.8) is 0 Å². The zero-order chi connectivity index (χ0) is 16.1. The molecule has 2 rings (SSSR count). The Balaban J connectivity index is 1.95. The minimum absolute atomic E-state index is 0.125. The molecule has 0 unspecified atom stereocenters. The number of amides is 2. The van der Waals surface area contributed by atoms with Crippen molar-refractivity contribution < 1.29 is 14.0 Å². The van der Waals surface area contributed by atoms with Gasteiger partial charge in [-0.3, -0.25) is 20.4 Å². The fourth-order valence-corrected chi connectivity index (χ4v) is 2.10. The predicted octanol–water partition coefficient (Wildman–Crippen LogP) is 3.14. The Morgan fingerprint density at radius 2 is 1.77 bits per heavy atom. The Hall–Kier alpha value is -2.11. The third-order valence-corrected chi connectivity index (χ3v) is 3.36. The first-order valence-electron chi connectivity index (χ1n) is 6.25. The van der Waals surface area contributed by atoms with Gasteiger partial charge in [0.1, 0.15) is 5.82 Å². The highest BCUT2D eigenvalue weighted by atomic mass is 35.5. The Morgan fingerprint density at radius 1 is 1.05 bits per heavy atom. The van der Waals surface area contributed by atoms with Gasteiger partial charge in [-0.15, -0.1) is 0 Å². The summed E-state index contributed by atoms with van der Waals surface area (Å²) in [4.78, 5) is 23.6. The zero-order valence-electron chi connectivity index (χ0n) is 11.2. The first kappa shape index (κ1) is 16.3. The molecule has 0 saturated carbocycles. The molecule has 2 aromatic rings. The van der Waals surface area contributed by atoms with E-state index in [-0.39, 0.29) is 22.6 Å². The normalized spacial score (nSPS) is 10.1. The van der Waals surface area contributed by atoms with Gasteiger partial charge >= 0.3 is 0 Å². The van der Waals surface area contributed by atoms with Crippen LogP contribution in [0.1, 0.15) is 15.9 Å². The van der Waals surface area contributed by atoms with E-state index in [0.29, 0.717) is 5.02 Å². The molecular weight excluding hydrogens is 330 g/mol. The van der Waals surface area contributed by atoms with Gasteiger partial charge in [-0.05, 0) is 29.8 Å². The van der Waals surface area contributed by atoms with Crippen molar-refractivity contribution in [2.75, 3.05) is 0 Å². The molecule has 2 N–H and O–H groups in total. The molecule has 0 spiro atoms. The van der Waals surface area contributed by atoms with Gasteiger partial charge in [-0.2, -0.15) is 0 Å². The number of nitrogens with one attached hydrogen (secondary N) is 2. The van der Waals surface area contributed by atoms with Crippen molar-refractivity contribution in [1.82, 2.24) is 10.9 Å². The van der Waals surface area contributed by atoms with E-state index in [0.717, 1.165) is 0 Å². The van der Waals surface area contributed by atoms with Crippen LogP contribution in [0.25, 0.3) is 0 Å². The number of halogens is 3. The minimum Gasteiger partial charge on any atom is -0.273 e. The molecule has 0 aromatic heterocycles. The molecule has 0 aliphatic rings. The van der Waals surface area contributed by atoms with Gasteiger partial charge in [0, 0.05) is 5.02 Å². The molecule has 0 saturated heterocycles. The molecule has 4 nitrogen and oxygen atoms in total. The van der Waals surface area contributed by atoms with Crippen LogP contribution in [0.3, 0.4) is 0 Å². The molecule has 0 heterocycles. The van der Waals surface area contributed by atoms with E-state index in [1.165, 1.54) is 36.4 Å². The smallest absolute Gasteiger partial charge is 0.271 e. The Morgan fingerprint density at radius 3 is 2.50 bits per heavy atom. The van der Waals surface area contributed by atoms with E-state index in [1.54, 1.807) is 6.07 Å². The molecule has 0 aliphatic heterocycles. The molecule has 0 atom stereocenters. The van der Waals surface area contributed by atoms with Crippen LogP contribution in [-0.2, 0) is 11.2 Å². The maximum absolute atomic E-state index is 13.4. The standard InChI is InChI=1S/C15H11Cl2FN2O2/c16-10-5-6-12(17)11(8-10)15(22)20-19-14(21)7-9-3-1-2-4-13(9)18/h1-6,8H,7H2,(H,19,21)(H,20,22). The van der Waals surface area contributed by atoms with E-state index in [4.69, 9.17) is 23.2 Å². The maximum Gasteiger partial charge on any atom is 0.271 e. The molecule has 7 heteroatoms. The minimum atomic E-state index is -0.616. The van der Waals surface area contributed by atoms with Gasteiger partial charge in [0.2, 0.25) is 5.91 Å². The van der Waals surface area contributed by atoms with Crippen LogP contribution >= 0.6 is 23.2 Å². The molecule has 2 amide bonds. The molecule has 0 radical (unpaired) electrons. The number of hydrogen-bond donors (Lipinski definition) is 2. The predicted molar refractivity (Wildman–Crippen MR) is 82.2 cm³/mol. The highest BCUT2D eigenvalue weighted by molar-refractivity contribution is 6.35. The summed E-state index contributed by atoms with van der Waals surface area (Å²) in [5, 5.41) is 0.539. The van der Waals surface area contributed by atoms with Crippen molar-refractivity contribution in [3.8, 4) is 0 Å². The van der Waals surface area contributed by atoms with Crippen molar-refractivity contribution >= 4 is 35.0 Å². The van der Waals surface area contributed by atoms with Crippen LogP contribution in [-0.4, -0.2) is 11.8 Å². The molecule has 22 heavy (non-hydrogen) atoms. The fraction of sp³-hybridized carbons (Fsp3) is 0.0667. The lowest BCUT2D eigenvalue weighted by atomic mass is 10.1. The molecule has 0 bridgehead atoms. The number of carbonyl (C=O) groups excluding carboxylic acids is 2. The zero-order valence-corrected chi connectivity index (χ0v) is 12.7. The summed E-state index contributed by atoms with van der Waals surface area (Å²) < 4.78 is 13.4. The summed E-state index contributed by atoms with van der Waals surface area (Å²) in [6.07, 6.45) is -0.198. The number of hydrazine groups is 1. The van der Waals surface area contributed by atoms with Gasteiger partial charge in [-0.1, -0.05) is 41.4 Å². The molecule has 0 fully saturated rings. The lowest BCUT2D eigenvalue weighted by Gasteiger charge is -2.09. The largest absolute Gasteiger partial charge is 0.273 e. The van der Waals surface area contributed by atoms with Gasteiger partial charge in [-0.25, -0.2) is 4.39 Å². The van der Waals surface area contributed by atoms with Crippen LogP contribution in [0.15, 0.2) is 42.5 Å². The van der Waals surface area contributed by atoms with Gasteiger partial charge in [0.15, 0.2) is 0 Å². The van der Waals surface area contributed by atoms with Gasteiger partial charge < -0.3 is 0 Å². The van der Waals surface area contributed by atoms with Gasteiger partial charge in [0.05, 0.1) is 17.0 Å². The number of hydrogen-bond acceptors (Lipinski definition) is 2. The van der Waals surface area contributed by atoms with Crippen molar-refractivity contribution in [2.45, 2.75) is 6.42 Å². The molecule has 114 valence electrons. The molecular formula is C15H11Cl2FN2O2. The average Bonchev–Trinajstić information content (AvgIpc) is 2.49. The first-order chi connectivity index (χ1) is 10.5. The summed E-state index contributed by atoms with van der Waals surface area (Å²) in [6, 6.07) is 10.3. The van der Waals surface area contributed by atoms with E-state index < -0.39 is 17.6 Å². The fourth-order valence-electron chi connectivity index (χ4n) is 1.72. The van der Waals surface area contributed by atoms with Gasteiger partial charge in [0.25, 0.3) is 5.91 Å². The second-order valence-electron chi connectivity index (χ2n) is 4.39. The SMILES string of the molecule is O=C(Cc1ccccc1F)NNC(=O)c1cc(Cl)ccc1Cl. The number of carbonyl (C=O) groups is 2. The highest BCUT2D eigenvalue weighted by Crippen LogP contribution is 2.20. The van der Waals surface area contributed by atoms with E-state index >= 15 is 0 Å². The third-order valence-electron chi connectivity index (χ3n) is 2.80. The summed E-state index contributed by atoms with van der Waals surface area (Å²) in [6.45, 7) is 0. The summed E-state index contributed by atoms with van der Waals surface area (Å²) in [7, 11) is 0. The Labute approximate surface area is 136 Å². The van der Waals surface area contributed by atoms with Crippen LogP contribution in [0.4, 0.5) is 4.39 Å². The summed E-state index contributed by atoms with van der Waals surface area (Å²) in [5.74, 6) is -1.66. The Bertz CT molecular complexity index is 722. The molecule has 0 aliphatic carbocycles. The Kier molecular flexibility index (Phi) is 5.35. The van der Waals surface area contributed by atoms with E-state index in [1.807, 2.05) is 0 Å². The lowest BCUT2D eigenvalue weighted by molar-refractivity contribution is -0.121. The topological polar surface area (TPSA) is 58.2 Å². The lowest BCUT2D eigenvalue weighted by Crippen LogP contribution is -2.42. The van der Waals surface area contributed by atoms with Crippen LogP contribution < -0.4 is 10.9 Å². The highest BCUT2D eigenvalue weighted by Gasteiger charge is 2.13. The number of benzene rings is 2. The first-order valence-corrected chi connectivity index (χ1v) is 7.00. The monoisotopic (exact) mass is 340 g/mol. The quantitative estimate of drug-likeness (QED) is 0.843. The third kappa shape index (κ3) is 4.19. The van der Waals surface area contributed by atoms with Crippen molar-refractivity contribution in [2.24, 2.45) is 0 Å². The van der Waals surface area contributed by atoms with Crippen molar-refractivity contribution in [1.29, 1.82) is 0 Å². The second-order valence-corrected chi connectivity index (χ2v) is 5.24. The van der Waals surface area contributed by atoms with Crippen LogP contribution in [0.2, 0.25) is 10.0 Å². The van der Waals surface area contributed by atoms with E-state index in [2.05, 4.69) is 10.9 Å². The second kappa shape index (κ2) is 7.24. The summed E-state index contributed by atoms with van der Waals surface area (Å²) in [5.41, 5.74) is 4.76. The van der Waals surface area contributed by atoms with Crippen LogP contribution in [0.5, 0.6) is 0 Å². The maximum atomic E-state index is 13.4. The van der Waals surface area contributed by atoms with Crippen LogP contribution in [0, 0.1) is 5.82 Å². The average molecular weight is 341 g/mol. The van der Waals surface area contributed by atoms with E-state index in [9.17, 15) is 14.0 Å². The summed E-state index contributed by atoms with van der Waals surface area (Å²) >= 11 is 11.7. The number of rotatable bonds is 3. The van der Waals surface area contributed by atoms with Crippen molar-refractivity contribution in [3.05, 3.63) is 69.5 Å². The molecule has 2 aromatic carbocycles.